The summed E-state index contributed by atoms with van der Waals surface area (Å²) in [6.07, 6.45) is 5.04. The molecule has 0 unspecified atom stereocenters. The Balaban J connectivity index is 1.95. The molecule has 0 fully saturated rings. The molecule has 3 heteroatoms. The molecule has 0 N–H and O–H groups in total. The Labute approximate surface area is 122 Å². The monoisotopic (exact) mass is 280 g/mol. The van der Waals surface area contributed by atoms with E-state index >= 15 is 0 Å². The topological polar surface area (TPSA) is 25.8 Å². The van der Waals surface area contributed by atoms with E-state index in [1.54, 1.807) is 0 Å². The van der Waals surface area contributed by atoms with E-state index in [-0.39, 0.29) is 0 Å². The van der Waals surface area contributed by atoms with Crippen molar-refractivity contribution in [3.63, 3.8) is 0 Å². The van der Waals surface area contributed by atoms with E-state index in [9.17, 15) is 0 Å². The second kappa shape index (κ2) is 4.67. The van der Waals surface area contributed by atoms with Gasteiger partial charge in [-0.1, -0.05) is 30.3 Å². The highest BCUT2D eigenvalue weighted by Crippen LogP contribution is 2.37. The van der Waals surface area contributed by atoms with Crippen molar-refractivity contribution in [1.82, 2.24) is 9.97 Å². The van der Waals surface area contributed by atoms with Crippen LogP contribution in [0.2, 0.25) is 0 Å². The highest BCUT2D eigenvalue weighted by Gasteiger charge is 2.19. The average Bonchev–Trinajstić information content (AvgIpc) is 2.87. The van der Waals surface area contributed by atoms with Crippen LogP contribution in [-0.4, -0.2) is 9.97 Å². The first-order valence-electron chi connectivity index (χ1n) is 7.17. The SMILES string of the molecule is Cc1nc(-c2ccccc2)nc2sc3c(c12)CCCC3. The largest absolute Gasteiger partial charge is 0.233 e. The maximum absolute atomic E-state index is 4.82. The minimum atomic E-state index is 0.856. The van der Waals surface area contributed by atoms with Gasteiger partial charge >= 0.3 is 0 Å². The van der Waals surface area contributed by atoms with Gasteiger partial charge in [-0.05, 0) is 38.2 Å². The number of rotatable bonds is 1. The molecule has 1 aliphatic rings. The van der Waals surface area contributed by atoms with Crippen LogP contribution in [0.5, 0.6) is 0 Å². The van der Waals surface area contributed by atoms with Gasteiger partial charge in [0.25, 0.3) is 0 Å². The van der Waals surface area contributed by atoms with Gasteiger partial charge < -0.3 is 0 Å². The molecule has 0 saturated carbocycles. The second-order valence-corrected chi connectivity index (χ2v) is 6.47. The van der Waals surface area contributed by atoms with Gasteiger partial charge in [0.1, 0.15) is 4.83 Å². The molecule has 4 rings (SSSR count). The predicted octanol–water partition coefficient (Wildman–Crippen LogP) is 4.55. The van der Waals surface area contributed by atoms with Gasteiger partial charge in [-0.3, -0.25) is 0 Å². The zero-order valence-corrected chi connectivity index (χ0v) is 12.3. The summed E-state index contributed by atoms with van der Waals surface area (Å²) in [4.78, 5) is 12.3. The summed E-state index contributed by atoms with van der Waals surface area (Å²) in [5, 5.41) is 1.32. The third-order valence-electron chi connectivity index (χ3n) is 4.03. The van der Waals surface area contributed by atoms with Gasteiger partial charge in [0.05, 0.1) is 5.69 Å². The maximum atomic E-state index is 4.82. The van der Waals surface area contributed by atoms with E-state index < -0.39 is 0 Å². The van der Waals surface area contributed by atoms with E-state index in [4.69, 9.17) is 9.97 Å². The quantitative estimate of drug-likeness (QED) is 0.653. The van der Waals surface area contributed by atoms with Crippen LogP contribution < -0.4 is 0 Å². The molecule has 0 spiro atoms. The first kappa shape index (κ1) is 12.0. The van der Waals surface area contributed by atoms with Crippen LogP contribution in [0.15, 0.2) is 30.3 Å². The van der Waals surface area contributed by atoms with E-state index in [2.05, 4.69) is 19.1 Å². The normalized spacial score (nSPS) is 14.4. The lowest BCUT2D eigenvalue weighted by Gasteiger charge is -2.11. The fourth-order valence-corrected chi connectivity index (χ4v) is 4.37. The number of fused-ring (bicyclic) bond motifs is 3. The van der Waals surface area contributed by atoms with E-state index in [1.165, 1.54) is 46.3 Å². The zero-order valence-electron chi connectivity index (χ0n) is 11.5. The summed E-state index contributed by atoms with van der Waals surface area (Å²) >= 11 is 1.87. The minimum Gasteiger partial charge on any atom is -0.233 e. The molecular formula is C17H16N2S. The van der Waals surface area contributed by atoms with Gasteiger partial charge in [-0.25, -0.2) is 9.97 Å². The Kier molecular flexibility index (Phi) is 2.81. The molecule has 20 heavy (non-hydrogen) atoms. The number of aromatic nitrogens is 2. The number of hydrogen-bond acceptors (Lipinski definition) is 3. The van der Waals surface area contributed by atoms with Crippen molar-refractivity contribution in [2.24, 2.45) is 0 Å². The van der Waals surface area contributed by atoms with Gasteiger partial charge in [-0.2, -0.15) is 0 Å². The van der Waals surface area contributed by atoms with E-state index in [0.717, 1.165) is 17.1 Å². The molecule has 1 aromatic carbocycles. The molecule has 1 aliphatic carbocycles. The van der Waals surface area contributed by atoms with Crippen molar-refractivity contribution in [2.45, 2.75) is 32.6 Å². The number of benzene rings is 1. The van der Waals surface area contributed by atoms with Crippen LogP contribution >= 0.6 is 11.3 Å². The van der Waals surface area contributed by atoms with Crippen molar-refractivity contribution in [3.8, 4) is 11.4 Å². The second-order valence-electron chi connectivity index (χ2n) is 5.39. The van der Waals surface area contributed by atoms with Gasteiger partial charge in [0, 0.05) is 15.8 Å². The van der Waals surface area contributed by atoms with Crippen LogP contribution in [0.3, 0.4) is 0 Å². The molecule has 2 heterocycles. The summed E-state index contributed by atoms with van der Waals surface area (Å²) in [6, 6.07) is 10.3. The highest BCUT2D eigenvalue weighted by molar-refractivity contribution is 7.18. The van der Waals surface area contributed by atoms with E-state index in [1.807, 2.05) is 29.5 Å². The van der Waals surface area contributed by atoms with Crippen molar-refractivity contribution < 1.29 is 0 Å². The third-order valence-corrected chi connectivity index (χ3v) is 5.21. The number of thiophene rings is 1. The fourth-order valence-electron chi connectivity index (χ4n) is 3.06. The lowest BCUT2D eigenvalue weighted by atomic mass is 9.96. The summed E-state index contributed by atoms with van der Waals surface area (Å²) in [6.45, 7) is 2.12. The van der Waals surface area contributed by atoms with Crippen LogP contribution in [0, 0.1) is 6.92 Å². The Hall–Kier alpha value is -1.74. The van der Waals surface area contributed by atoms with Crippen LogP contribution in [0.1, 0.15) is 29.0 Å². The molecule has 0 atom stereocenters. The predicted molar refractivity (Wildman–Crippen MR) is 84.2 cm³/mol. The minimum absolute atomic E-state index is 0.856. The molecule has 0 saturated heterocycles. The standard InChI is InChI=1S/C17H16N2S/c1-11-15-13-9-5-6-10-14(13)20-17(15)19-16(18-11)12-7-3-2-4-8-12/h2-4,7-8H,5-6,9-10H2,1H3. The van der Waals surface area contributed by atoms with E-state index in [0.29, 0.717) is 0 Å². The lowest BCUT2D eigenvalue weighted by molar-refractivity contribution is 0.700. The Morgan fingerprint density at radius 2 is 1.80 bits per heavy atom. The van der Waals surface area contributed by atoms with Crippen molar-refractivity contribution in [3.05, 3.63) is 46.5 Å². The van der Waals surface area contributed by atoms with Gasteiger partial charge in [-0.15, -0.1) is 11.3 Å². The summed E-state index contributed by atoms with van der Waals surface area (Å²) < 4.78 is 0. The summed E-state index contributed by atoms with van der Waals surface area (Å²) in [7, 11) is 0. The third kappa shape index (κ3) is 1.85. The summed E-state index contributed by atoms with van der Waals surface area (Å²) in [5.74, 6) is 0.856. The summed E-state index contributed by atoms with van der Waals surface area (Å²) in [5.41, 5.74) is 3.76. The molecule has 2 aromatic heterocycles. The number of nitrogens with zero attached hydrogens (tertiary/aromatic N) is 2. The fraction of sp³-hybridized carbons (Fsp3) is 0.294. The van der Waals surface area contributed by atoms with Gasteiger partial charge in [0.15, 0.2) is 5.82 Å². The van der Waals surface area contributed by atoms with Crippen molar-refractivity contribution in [1.29, 1.82) is 0 Å². The first-order valence-corrected chi connectivity index (χ1v) is 7.99. The highest BCUT2D eigenvalue weighted by atomic mass is 32.1. The molecule has 0 amide bonds. The maximum Gasteiger partial charge on any atom is 0.161 e. The van der Waals surface area contributed by atoms with Crippen molar-refractivity contribution in [2.75, 3.05) is 0 Å². The molecule has 0 bridgehead atoms. The van der Waals surface area contributed by atoms with Crippen LogP contribution in [0.4, 0.5) is 0 Å². The zero-order chi connectivity index (χ0) is 13.5. The Bertz CT molecular complexity index is 775. The smallest absolute Gasteiger partial charge is 0.161 e. The Morgan fingerprint density at radius 1 is 1.00 bits per heavy atom. The molecule has 0 aliphatic heterocycles. The lowest BCUT2D eigenvalue weighted by Crippen LogP contribution is -1.99. The number of hydrogen-bond donors (Lipinski definition) is 0. The average molecular weight is 280 g/mol. The van der Waals surface area contributed by atoms with Gasteiger partial charge in [0.2, 0.25) is 0 Å². The van der Waals surface area contributed by atoms with Crippen LogP contribution in [-0.2, 0) is 12.8 Å². The Morgan fingerprint density at radius 3 is 2.65 bits per heavy atom. The molecule has 2 nitrogen and oxygen atoms in total. The van der Waals surface area contributed by atoms with Crippen molar-refractivity contribution >= 4 is 21.6 Å². The molecule has 3 aromatic rings. The molecule has 0 radical (unpaired) electrons. The van der Waals surface area contributed by atoms with Crippen LogP contribution in [0.25, 0.3) is 21.6 Å². The first-order chi connectivity index (χ1) is 9.83. The molecule has 100 valence electrons. The number of aryl methyl sites for hydroxylation is 3. The molecular weight excluding hydrogens is 264 g/mol.